The highest BCUT2D eigenvalue weighted by molar-refractivity contribution is 7.19. The number of halogens is 2. The van der Waals surface area contributed by atoms with Gasteiger partial charge < -0.3 is 15.2 Å². The Labute approximate surface area is 191 Å². The lowest BCUT2D eigenvalue weighted by atomic mass is 10.0. The first-order chi connectivity index (χ1) is 16.0. The molecule has 0 spiro atoms. The smallest absolute Gasteiger partial charge is 0.251 e. The molecule has 0 saturated heterocycles. The molecule has 2 aromatic carbocycles. The van der Waals surface area contributed by atoms with Crippen LogP contribution in [-0.4, -0.2) is 45.5 Å². The van der Waals surface area contributed by atoms with Crippen LogP contribution in [0.1, 0.15) is 15.9 Å². The van der Waals surface area contributed by atoms with Gasteiger partial charge in [-0.15, -0.1) is 21.5 Å². The average molecular weight is 468 g/mol. The number of ether oxygens (including phenoxy) is 1. The van der Waals surface area contributed by atoms with Gasteiger partial charge in [0.05, 0.1) is 23.8 Å². The fourth-order valence-electron chi connectivity index (χ4n) is 3.73. The molecule has 10 heteroatoms. The number of hydrogen-bond donors (Lipinski definition) is 2. The van der Waals surface area contributed by atoms with E-state index in [2.05, 4.69) is 15.5 Å². The Morgan fingerprint density at radius 2 is 2.09 bits per heavy atom. The largest absolute Gasteiger partial charge is 0.493 e. The van der Waals surface area contributed by atoms with Crippen molar-refractivity contribution in [3.63, 3.8) is 0 Å². The van der Waals surface area contributed by atoms with Gasteiger partial charge in [-0.2, -0.15) is 0 Å². The monoisotopic (exact) mass is 468 g/mol. The van der Waals surface area contributed by atoms with Crippen LogP contribution < -0.4 is 10.1 Å². The summed E-state index contributed by atoms with van der Waals surface area (Å²) in [5.41, 5.74) is 2.38. The molecule has 0 atom stereocenters. The van der Waals surface area contributed by atoms with Crippen molar-refractivity contribution in [3.05, 3.63) is 71.6 Å². The third kappa shape index (κ3) is 3.98. The molecule has 2 aromatic heterocycles. The zero-order valence-electron chi connectivity index (χ0n) is 17.2. The van der Waals surface area contributed by atoms with Crippen molar-refractivity contribution in [2.45, 2.75) is 6.42 Å². The lowest BCUT2D eigenvalue weighted by Crippen LogP contribution is -2.26. The first-order valence-electron chi connectivity index (χ1n) is 10.2. The molecule has 0 aliphatic carbocycles. The summed E-state index contributed by atoms with van der Waals surface area (Å²) in [4.78, 5) is 14.1. The van der Waals surface area contributed by atoms with Crippen molar-refractivity contribution in [2.24, 2.45) is 0 Å². The van der Waals surface area contributed by atoms with Crippen LogP contribution in [0.2, 0.25) is 0 Å². The molecule has 0 radical (unpaired) electrons. The Bertz CT molecular complexity index is 1350. The van der Waals surface area contributed by atoms with Gasteiger partial charge >= 0.3 is 0 Å². The van der Waals surface area contributed by atoms with Crippen LogP contribution >= 0.6 is 11.3 Å². The maximum absolute atomic E-state index is 14.4. The quantitative estimate of drug-likeness (QED) is 0.467. The molecule has 0 fully saturated rings. The molecule has 5 rings (SSSR count). The van der Waals surface area contributed by atoms with Crippen molar-refractivity contribution in [3.8, 4) is 32.6 Å². The van der Waals surface area contributed by atoms with Crippen LogP contribution in [0.5, 0.6) is 5.75 Å². The van der Waals surface area contributed by atoms with E-state index >= 15 is 0 Å². The van der Waals surface area contributed by atoms with E-state index in [1.165, 1.54) is 34.4 Å². The number of thiophene rings is 1. The topological polar surface area (TPSA) is 89.3 Å². The number of aliphatic hydroxyl groups excluding tert-OH is 1. The minimum Gasteiger partial charge on any atom is -0.493 e. The first-order valence-corrected chi connectivity index (χ1v) is 11.0. The number of carbonyl (C=O) groups excluding carboxylic acids is 1. The minimum absolute atomic E-state index is 0.145. The Balaban J connectivity index is 1.57. The highest BCUT2D eigenvalue weighted by atomic mass is 32.1. The molecule has 4 aromatic rings. The number of aromatic nitrogens is 3. The first kappa shape index (κ1) is 21.2. The molecule has 1 aliphatic rings. The van der Waals surface area contributed by atoms with Gasteiger partial charge in [0.1, 0.15) is 23.7 Å². The Morgan fingerprint density at radius 3 is 2.91 bits per heavy atom. The maximum atomic E-state index is 14.4. The molecule has 33 heavy (non-hydrogen) atoms. The summed E-state index contributed by atoms with van der Waals surface area (Å²) in [5, 5.41) is 19.7. The summed E-state index contributed by atoms with van der Waals surface area (Å²) in [5.74, 6) is -0.582. The predicted octanol–water partition coefficient (Wildman–Crippen LogP) is 3.60. The summed E-state index contributed by atoms with van der Waals surface area (Å²) < 4.78 is 35.1. The lowest BCUT2D eigenvalue weighted by molar-refractivity contribution is 0.0945. The number of rotatable bonds is 5. The molecule has 0 unspecified atom stereocenters. The van der Waals surface area contributed by atoms with Crippen molar-refractivity contribution in [2.75, 3.05) is 19.8 Å². The van der Waals surface area contributed by atoms with E-state index in [1.807, 2.05) is 6.07 Å². The summed E-state index contributed by atoms with van der Waals surface area (Å²) in [6.07, 6.45) is 2.03. The number of benzene rings is 2. The van der Waals surface area contributed by atoms with Crippen molar-refractivity contribution in [1.29, 1.82) is 0 Å². The molecule has 1 amide bonds. The SMILES string of the molecule is O=C(NCCO)c1ccc2c(c1)-c1sc(-c3nncn3-c3ccc(F)cc3F)cc1CCO2. The zero-order valence-corrected chi connectivity index (χ0v) is 18.0. The maximum Gasteiger partial charge on any atom is 0.251 e. The number of nitrogens with zero attached hydrogens (tertiary/aromatic N) is 3. The van der Waals surface area contributed by atoms with Crippen LogP contribution in [0.4, 0.5) is 8.78 Å². The molecular formula is C23H18F2N4O3S. The third-order valence-electron chi connectivity index (χ3n) is 5.26. The highest BCUT2D eigenvalue weighted by Crippen LogP contribution is 2.44. The number of nitrogens with one attached hydrogen (secondary N) is 1. The molecule has 168 valence electrons. The van der Waals surface area contributed by atoms with E-state index in [0.717, 1.165) is 26.9 Å². The van der Waals surface area contributed by atoms with Gasteiger partial charge in [0, 0.05) is 35.0 Å². The summed E-state index contributed by atoms with van der Waals surface area (Å²) in [7, 11) is 0. The van der Waals surface area contributed by atoms with Crippen LogP contribution in [0.25, 0.3) is 26.8 Å². The fraction of sp³-hybridized carbons (Fsp3) is 0.174. The van der Waals surface area contributed by atoms with Crippen LogP contribution in [0.15, 0.2) is 48.8 Å². The van der Waals surface area contributed by atoms with E-state index in [0.29, 0.717) is 30.2 Å². The lowest BCUT2D eigenvalue weighted by Gasteiger charge is -2.10. The van der Waals surface area contributed by atoms with Gasteiger partial charge in [-0.05, 0) is 42.0 Å². The van der Waals surface area contributed by atoms with Crippen molar-refractivity contribution >= 4 is 17.2 Å². The number of amides is 1. The van der Waals surface area contributed by atoms with Gasteiger partial charge in [0.15, 0.2) is 5.82 Å². The summed E-state index contributed by atoms with van der Waals surface area (Å²) >= 11 is 1.43. The zero-order chi connectivity index (χ0) is 22.9. The van der Waals surface area contributed by atoms with Gasteiger partial charge in [-0.3, -0.25) is 9.36 Å². The van der Waals surface area contributed by atoms with Crippen LogP contribution in [0, 0.1) is 11.6 Å². The Kier molecular flexibility index (Phi) is 5.61. The number of carbonyl (C=O) groups is 1. The average Bonchev–Trinajstić information content (AvgIpc) is 3.41. The van der Waals surface area contributed by atoms with Gasteiger partial charge in [0.25, 0.3) is 5.91 Å². The second kappa shape index (κ2) is 8.72. The van der Waals surface area contributed by atoms with E-state index in [4.69, 9.17) is 9.84 Å². The molecule has 1 aliphatic heterocycles. The summed E-state index contributed by atoms with van der Waals surface area (Å²) in [6.45, 7) is 0.482. The second-order valence-electron chi connectivity index (χ2n) is 7.37. The van der Waals surface area contributed by atoms with E-state index < -0.39 is 11.6 Å². The molecule has 0 saturated carbocycles. The van der Waals surface area contributed by atoms with Crippen LogP contribution in [-0.2, 0) is 6.42 Å². The third-order valence-corrected chi connectivity index (χ3v) is 6.47. The van der Waals surface area contributed by atoms with Gasteiger partial charge in [-0.25, -0.2) is 8.78 Å². The van der Waals surface area contributed by atoms with Crippen molar-refractivity contribution < 1.29 is 23.4 Å². The van der Waals surface area contributed by atoms with E-state index in [-0.39, 0.29) is 24.7 Å². The van der Waals surface area contributed by atoms with Crippen molar-refractivity contribution in [1.82, 2.24) is 20.1 Å². The second-order valence-corrected chi connectivity index (χ2v) is 8.43. The molecule has 0 bridgehead atoms. The van der Waals surface area contributed by atoms with Gasteiger partial charge in [-0.1, -0.05) is 0 Å². The molecule has 2 N–H and O–H groups in total. The Hall–Kier alpha value is -3.63. The predicted molar refractivity (Wildman–Crippen MR) is 119 cm³/mol. The fourth-order valence-corrected chi connectivity index (χ4v) is 4.94. The van der Waals surface area contributed by atoms with E-state index in [9.17, 15) is 13.6 Å². The summed E-state index contributed by atoms with van der Waals surface area (Å²) in [6, 6.07) is 10.5. The normalized spacial score (nSPS) is 12.5. The van der Waals surface area contributed by atoms with Crippen LogP contribution in [0.3, 0.4) is 0 Å². The molecule has 3 heterocycles. The molecule has 7 nitrogen and oxygen atoms in total. The van der Waals surface area contributed by atoms with E-state index in [1.54, 1.807) is 18.2 Å². The number of fused-ring (bicyclic) bond motifs is 3. The Morgan fingerprint density at radius 1 is 1.21 bits per heavy atom. The van der Waals surface area contributed by atoms with Gasteiger partial charge in [0.2, 0.25) is 0 Å². The highest BCUT2D eigenvalue weighted by Gasteiger charge is 2.23. The minimum atomic E-state index is -0.716. The number of hydrogen-bond acceptors (Lipinski definition) is 6. The standard InChI is InChI=1S/C23H18F2N4O3S/c24-15-2-3-18(17(25)11-15)29-12-27-28-22(29)20-10-13-5-8-32-19-4-1-14(23(31)26-6-7-30)9-16(19)21(13)33-20/h1-4,9-12,30H,5-8H2,(H,26,31). The number of aliphatic hydroxyl groups is 1. The molecular weight excluding hydrogens is 450 g/mol.